The Morgan fingerprint density at radius 2 is 1.55 bits per heavy atom. The number of rotatable bonds is 6. The van der Waals surface area contributed by atoms with Crippen LogP contribution in [0.4, 0.5) is 5.69 Å². The summed E-state index contributed by atoms with van der Waals surface area (Å²) in [7, 11) is 0. The average Bonchev–Trinajstić information content (AvgIpc) is 2.48. The third-order valence-electron chi connectivity index (χ3n) is 3.20. The predicted molar refractivity (Wildman–Crippen MR) is 82.3 cm³/mol. The molecule has 2 rings (SSSR count). The summed E-state index contributed by atoms with van der Waals surface area (Å²) < 4.78 is 0. The fraction of sp³-hybridized carbons (Fsp3) is 0.235. The zero-order valence-corrected chi connectivity index (χ0v) is 11.5. The molecular weight excluding hydrogens is 248 g/mol. The van der Waals surface area contributed by atoms with Gasteiger partial charge in [-0.05, 0) is 36.1 Å². The largest absolute Gasteiger partial charge is 0.399 e. The maximum atomic E-state index is 11.7. The lowest BCUT2D eigenvalue weighted by atomic mass is 10.1. The molecule has 0 fully saturated rings. The maximum Gasteiger partial charge on any atom is 0.220 e. The van der Waals surface area contributed by atoms with Crippen molar-refractivity contribution in [2.45, 2.75) is 19.3 Å². The van der Waals surface area contributed by atoms with Crippen LogP contribution in [-0.4, -0.2) is 12.5 Å². The number of anilines is 1. The molecule has 0 aliphatic heterocycles. The summed E-state index contributed by atoms with van der Waals surface area (Å²) in [4.78, 5) is 11.7. The summed E-state index contributed by atoms with van der Waals surface area (Å²) in [6.45, 7) is 0.664. The van der Waals surface area contributed by atoms with Crippen molar-refractivity contribution in [1.29, 1.82) is 0 Å². The van der Waals surface area contributed by atoms with Gasteiger partial charge in [0.15, 0.2) is 0 Å². The molecule has 0 unspecified atom stereocenters. The van der Waals surface area contributed by atoms with E-state index < -0.39 is 0 Å². The second kappa shape index (κ2) is 7.34. The molecule has 0 saturated heterocycles. The predicted octanol–water partition coefficient (Wildman–Crippen LogP) is 2.56. The number of carbonyl (C=O) groups is 1. The molecule has 0 spiro atoms. The van der Waals surface area contributed by atoms with E-state index in [9.17, 15) is 4.79 Å². The molecule has 0 saturated carbocycles. The SMILES string of the molecule is Nc1ccc(CCNC(=O)CCc2ccccc2)cc1. The van der Waals surface area contributed by atoms with E-state index in [1.807, 2.05) is 54.6 Å². The Balaban J connectivity index is 1.66. The van der Waals surface area contributed by atoms with Crippen LogP contribution in [0.15, 0.2) is 54.6 Å². The van der Waals surface area contributed by atoms with Crippen LogP contribution in [-0.2, 0) is 17.6 Å². The monoisotopic (exact) mass is 268 g/mol. The van der Waals surface area contributed by atoms with Crippen molar-refractivity contribution in [3.63, 3.8) is 0 Å². The molecule has 3 heteroatoms. The Kier molecular flexibility index (Phi) is 5.18. The van der Waals surface area contributed by atoms with Crippen LogP contribution >= 0.6 is 0 Å². The van der Waals surface area contributed by atoms with Gasteiger partial charge >= 0.3 is 0 Å². The van der Waals surface area contributed by atoms with Gasteiger partial charge in [0.05, 0.1) is 0 Å². The van der Waals surface area contributed by atoms with Crippen LogP contribution in [0, 0.1) is 0 Å². The number of benzene rings is 2. The molecule has 3 nitrogen and oxygen atoms in total. The zero-order chi connectivity index (χ0) is 14.2. The summed E-state index contributed by atoms with van der Waals surface area (Å²) in [5, 5.41) is 2.95. The van der Waals surface area contributed by atoms with E-state index in [1.54, 1.807) is 0 Å². The lowest BCUT2D eigenvalue weighted by molar-refractivity contribution is -0.121. The quantitative estimate of drug-likeness (QED) is 0.791. The van der Waals surface area contributed by atoms with Crippen molar-refractivity contribution < 1.29 is 4.79 Å². The van der Waals surface area contributed by atoms with Crippen molar-refractivity contribution in [1.82, 2.24) is 5.32 Å². The van der Waals surface area contributed by atoms with E-state index in [0.717, 1.165) is 18.5 Å². The summed E-state index contributed by atoms with van der Waals surface area (Å²) in [5.41, 5.74) is 8.77. The van der Waals surface area contributed by atoms with Gasteiger partial charge in [-0.15, -0.1) is 0 Å². The van der Waals surface area contributed by atoms with E-state index >= 15 is 0 Å². The molecular formula is C17H20N2O. The van der Waals surface area contributed by atoms with E-state index in [-0.39, 0.29) is 5.91 Å². The fourth-order valence-corrected chi connectivity index (χ4v) is 2.02. The number of carbonyl (C=O) groups excluding carboxylic acids is 1. The van der Waals surface area contributed by atoms with Gasteiger partial charge in [0.1, 0.15) is 0 Å². The van der Waals surface area contributed by atoms with Crippen LogP contribution in [0.5, 0.6) is 0 Å². The third-order valence-corrected chi connectivity index (χ3v) is 3.20. The third kappa shape index (κ3) is 4.76. The molecule has 2 aromatic carbocycles. The van der Waals surface area contributed by atoms with Gasteiger partial charge in [0.25, 0.3) is 0 Å². The van der Waals surface area contributed by atoms with Crippen molar-refractivity contribution in [3.8, 4) is 0 Å². The highest BCUT2D eigenvalue weighted by Gasteiger charge is 2.01. The number of hydrogen-bond donors (Lipinski definition) is 2. The number of nitrogens with one attached hydrogen (secondary N) is 1. The van der Waals surface area contributed by atoms with E-state index in [4.69, 9.17) is 5.73 Å². The first-order valence-electron chi connectivity index (χ1n) is 6.89. The van der Waals surface area contributed by atoms with Gasteiger partial charge in [-0.1, -0.05) is 42.5 Å². The molecule has 1 amide bonds. The van der Waals surface area contributed by atoms with Crippen LogP contribution in [0.1, 0.15) is 17.5 Å². The Bertz CT molecular complexity index is 535. The Hall–Kier alpha value is -2.29. The number of hydrogen-bond acceptors (Lipinski definition) is 2. The van der Waals surface area contributed by atoms with Crippen LogP contribution in [0.25, 0.3) is 0 Å². The summed E-state index contributed by atoms with van der Waals surface area (Å²) in [6, 6.07) is 17.8. The molecule has 0 heterocycles. The minimum Gasteiger partial charge on any atom is -0.399 e. The van der Waals surface area contributed by atoms with Gasteiger partial charge in [-0.3, -0.25) is 4.79 Å². The molecule has 0 aliphatic carbocycles. The molecule has 0 bridgehead atoms. The van der Waals surface area contributed by atoms with Gasteiger partial charge < -0.3 is 11.1 Å². The highest BCUT2D eigenvalue weighted by Crippen LogP contribution is 2.06. The molecule has 20 heavy (non-hydrogen) atoms. The van der Waals surface area contributed by atoms with E-state index in [1.165, 1.54) is 11.1 Å². The molecule has 0 atom stereocenters. The molecule has 104 valence electrons. The van der Waals surface area contributed by atoms with Gasteiger partial charge in [0.2, 0.25) is 5.91 Å². The Morgan fingerprint density at radius 1 is 0.900 bits per heavy atom. The standard InChI is InChI=1S/C17H20N2O/c18-16-9-6-15(7-10-16)12-13-19-17(20)11-8-14-4-2-1-3-5-14/h1-7,9-10H,8,11-13,18H2,(H,19,20). The second-order valence-electron chi connectivity index (χ2n) is 4.83. The van der Waals surface area contributed by atoms with Crippen LogP contribution < -0.4 is 11.1 Å². The van der Waals surface area contributed by atoms with Gasteiger partial charge in [-0.25, -0.2) is 0 Å². The summed E-state index contributed by atoms with van der Waals surface area (Å²) in [5.74, 6) is 0.101. The topological polar surface area (TPSA) is 55.1 Å². The van der Waals surface area contributed by atoms with E-state index in [2.05, 4.69) is 5.32 Å². The van der Waals surface area contributed by atoms with Crippen molar-refractivity contribution in [2.24, 2.45) is 0 Å². The highest BCUT2D eigenvalue weighted by molar-refractivity contribution is 5.76. The highest BCUT2D eigenvalue weighted by atomic mass is 16.1. The summed E-state index contributed by atoms with van der Waals surface area (Å²) >= 11 is 0. The van der Waals surface area contributed by atoms with Gasteiger partial charge in [0, 0.05) is 18.7 Å². The lowest BCUT2D eigenvalue weighted by Gasteiger charge is -2.06. The average molecular weight is 268 g/mol. The molecule has 3 N–H and O–H groups in total. The number of amides is 1. The maximum absolute atomic E-state index is 11.7. The summed E-state index contributed by atoms with van der Waals surface area (Å²) in [6.07, 6.45) is 2.15. The number of nitrogen functional groups attached to an aromatic ring is 1. The fourth-order valence-electron chi connectivity index (χ4n) is 2.02. The molecule has 0 aliphatic rings. The minimum absolute atomic E-state index is 0.101. The second-order valence-corrected chi connectivity index (χ2v) is 4.83. The first-order valence-corrected chi connectivity index (χ1v) is 6.89. The van der Waals surface area contributed by atoms with Crippen LogP contribution in [0.2, 0.25) is 0 Å². The molecule has 0 radical (unpaired) electrons. The smallest absolute Gasteiger partial charge is 0.220 e. The van der Waals surface area contributed by atoms with Crippen molar-refractivity contribution in [2.75, 3.05) is 12.3 Å². The normalized spacial score (nSPS) is 10.2. The van der Waals surface area contributed by atoms with Crippen LogP contribution in [0.3, 0.4) is 0 Å². The number of nitrogens with two attached hydrogens (primary N) is 1. The molecule has 2 aromatic rings. The number of aryl methyl sites for hydroxylation is 1. The van der Waals surface area contributed by atoms with E-state index in [0.29, 0.717) is 13.0 Å². The Labute approximate surface area is 119 Å². The zero-order valence-electron chi connectivity index (χ0n) is 11.5. The van der Waals surface area contributed by atoms with Gasteiger partial charge in [-0.2, -0.15) is 0 Å². The first-order chi connectivity index (χ1) is 9.74. The minimum atomic E-state index is 0.101. The van der Waals surface area contributed by atoms with Crippen molar-refractivity contribution in [3.05, 3.63) is 65.7 Å². The Morgan fingerprint density at radius 3 is 2.25 bits per heavy atom. The molecule has 0 aromatic heterocycles. The lowest BCUT2D eigenvalue weighted by Crippen LogP contribution is -2.25. The van der Waals surface area contributed by atoms with Crippen molar-refractivity contribution >= 4 is 11.6 Å². The first kappa shape index (κ1) is 14.1.